The van der Waals surface area contributed by atoms with Crippen LogP contribution in [0.2, 0.25) is 0 Å². The average Bonchev–Trinajstić information content (AvgIpc) is 2.53. The molecule has 0 bridgehead atoms. The van der Waals surface area contributed by atoms with Crippen molar-refractivity contribution < 1.29 is 27.1 Å². The van der Waals surface area contributed by atoms with E-state index in [1.807, 2.05) is 25.1 Å². The molecule has 0 aliphatic carbocycles. The summed E-state index contributed by atoms with van der Waals surface area (Å²) in [5, 5.41) is 6.77. The van der Waals surface area contributed by atoms with Crippen molar-refractivity contribution in [2.24, 2.45) is 0 Å². The molecule has 136 valence electrons. The third-order valence-corrected chi connectivity index (χ3v) is 3.42. The first-order valence-corrected chi connectivity index (χ1v) is 9.06. The Bertz CT molecular complexity index is 577. The van der Waals surface area contributed by atoms with E-state index in [-0.39, 0.29) is 12.0 Å². The van der Waals surface area contributed by atoms with E-state index in [9.17, 15) is 4.79 Å². The number of nitrogens with one attached hydrogen (secondary N) is 2. The van der Waals surface area contributed by atoms with Crippen molar-refractivity contribution in [3.63, 3.8) is 0 Å². The lowest BCUT2D eigenvalue weighted by molar-refractivity contribution is -0.146. The molecule has 1 fully saturated rings. The minimum Gasteiger partial charge on any atom is -0.465 e. The third kappa shape index (κ3) is 9.58. The second-order valence-electron chi connectivity index (χ2n) is 5.30. The van der Waals surface area contributed by atoms with Gasteiger partial charge in [-0.1, -0.05) is 30.3 Å². The summed E-state index contributed by atoms with van der Waals surface area (Å²) < 4.78 is 36.6. The SMILES string of the molecule is CCOC(=O)[C@@H]1CC[C@H](NCc2ccccc2)CN1.O=S(=O)(O)O. The smallest absolute Gasteiger partial charge is 0.394 e. The number of benzene rings is 1. The normalized spacial score (nSPS) is 20.6. The van der Waals surface area contributed by atoms with Crippen LogP contribution in [0.4, 0.5) is 0 Å². The quantitative estimate of drug-likeness (QED) is 0.449. The van der Waals surface area contributed by atoms with Gasteiger partial charge < -0.3 is 15.4 Å². The molecule has 1 aliphatic heterocycles. The van der Waals surface area contributed by atoms with Gasteiger partial charge in [0.1, 0.15) is 6.04 Å². The van der Waals surface area contributed by atoms with Crippen molar-refractivity contribution in [3.05, 3.63) is 35.9 Å². The Kier molecular flexibility index (Phi) is 8.87. The highest BCUT2D eigenvalue weighted by Crippen LogP contribution is 2.10. The highest BCUT2D eigenvalue weighted by molar-refractivity contribution is 7.79. The molecule has 1 aromatic carbocycles. The van der Waals surface area contributed by atoms with Crippen LogP contribution in [0.5, 0.6) is 0 Å². The number of piperidine rings is 1. The van der Waals surface area contributed by atoms with Crippen LogP contribution in [-0.4, -0.2) is 48.7 Å². The molecule has 2 rings (SSSR count). The summed E-state index contributed by atoms with van der Waals surface area (Å²) in [5.41, 5.74) is 1.29. The van der Waals surface area contributed by atoms with Gasteiger partial charge in [0.2, 0.25) is 0 Å². The molecule has 8 nitrogen and oxygen atoms in total. The number of carbonyl (C=O) groups is 1. The molecule has 24 heavy (non-hydrogen) atoms. The summed E-state index contributed by atoms with van der Waals surface area (Å²) in [6.07, 6.45) is 1.84. The summed E-state index contributed by atoms with van der Waals surface area (Å²) in [5.74, 6) is -0.121. The standard InChI is InChI=1S/C15H22N2O2.H2O4S/c1-2-19-15(18)14-9-8-13(11-17-14)16-10-12-6-4-3-5-7-12;1-5(2,3)4/h3-7,13-14,16-17H,2,8-11H2,1H3;(H2,1,2,3,4)/t13-,14-;/m0./s1. The zero-order valence-electron chi connectivity index (χ0n) is 13.5. The molecule has 1 aromatic rings. The Labute approximate surface area is 142 Å². The van der Waals surface area contributed by atoms with E-state index in [2.05, 4.69) is 22.8 Å². The second kappa shape index (κ2) is 10.4. The fraction of sp³-hybridized carbons (Fsp3) is 0.533. The maximum absolute atomic E-state index is 11.6. The predicted octanol–water partition coefficient (Wildman–Crippen LogP) is 0.807. The van der Waals surface area contributed by atoms with Gasteiger partial charge in [0, 0.05) is 19.1 Å². The molecule has 2 atom stereocenters. The van der Waals surface area contributed by atoms with Crippen LogP contribution in [-0.2, 0) is 26.5 Å². The zero-order chi connectivity index (χ0) is 18.0. The largest absolute Gasteiger partial charge is 0.465 e. The molecule has 4 N–H and O–H groups in total. The van der Waals surface area contributed by atoms with Crippen LogP contribution in [0.3, 0.4) is 0 Å². The molecule has 0 unspecified atom stereocenters. The molecule has 1 saturated heterocycles. The van der Waals surface area contributed by atoms with Gasteiger partial charge in [-0.3, -0.25) is 13.9 Å². The second-order valence-corrected chi connectivity index (χ2v) is 6.20. The number of ether oxygens (including phenoxy) is 1. The van der Waals surface area contributed by atoms with Gasteiger partial charge in [-0.2, -0.15) is 8.42 Å². The van der Waals surface area contributed by atoms with Crippen LogP contribution in [0.15, 0.2) is 30.3 Å². The van der Waals surface area contributed by atoms with Crippen LogP contribution in [0.25, 0.3) is 0 Å². The van der Waals surface area contributed by atoms with Crippen LogP contribution < -0.4 is 10.6 Å². The van der Waals surface area contributed by atoms with Gasteiger partial charge in [0.25, 0.3) is 0 Å². The minimum absolute atomic E-state index is 0.121. The van der Waals surface area contributed by atoms with Crippen molar-refractivity contribution in [2.45, 2.75) is 38.4 Å². The maximum Gasteiger partial charge on any atom is 0.394 e. The molecule has 1 heterocycles. The maximum atomic E-state index is 11.6. The van der Waals surface area contributed by atoms with E-state index >= 15 is 0 Å². The zero-order valence-corrected chi connectivity index (χ0v) is 14.3. The molecule has 0 aromatic heterocycles. The summed E-state index contributed by atoms with van der Waals surface area (Å²) >= 11 is 0. The lowest BCUT2D eigenvalue weighted by Crippen LogP contribution is -2.51. The van der Waals surface area contributed by atoms with Crippen molar-refractivity contribution >= 4 is 16.4 Å². The third-order valence-electron chi connectivity index (χ3n) is 3.42. The lowest BCUT2D eigenvalue weighted by atomic mass is 10.0. The summed E-state index contributed by atoms with van der Waals surface area (Å²) in [6, 6.07) is 10.6. The Morgan fingerprint density at radius 2 is 1.92 bits per heavy atom. The molecule has 0 radical (unpaired) electrons. The minimum atomic E-state index is -4.67. The van der Waals surface area contributed by atoms with E-state index in [0.717, 1.165) is 25.9 Å². The Balaban J connectivity index is 0.000000505. The van der Waals surface area contributed by atoms with E-state index in [1.54, 1.807) is 0 Å². The Morgan fingerprint density at radius 3 is 2.42 bits per heavy atom. The van der Waals surface area contributed by atoms with Crippen LogP contribution in [0.1, 0.15) is 25.3 Å². The van der Waals surface area contributed by atoms with Gasteiger partial charge >= 0.3 is 16.4 Å². The predicted molar refractivity (Wildman–Crippen MR) is 88.9 cm³/mol. The average molecular weight is 360 g/mol. The summed E-state index contributed by atoms with van der Waals surface area (Å²) in [6.45, 7) is 3.98. The van der Waals surface area contributed by atoms with E-state index in [0.29, 0.717) is 12.6 Å². The van der Waals surface area contributed by atoms with Gasteiger partial charge in [0.15, 0.2) is 0 Å². The van der Waals surface area contributed by atoms with Gasteiger partial charge in [0.05, 0.1) is 6.61 Å². The number of carbonyl (C=O) groups excluding carboxylic acids is 1. The van der Waals surface area contributed by atoms with Crippen molar-refractivity contribution in [1.82, 2.24) is 10.6 Å². The lowest BCUT2D eigenvalue weighted by Gasteiger charge is -2.29. The molecular weight excluding hydrogens is 336 g/mol. The first-order valence-electron chi connectivity index (χ1n) is 7.66. The van der Waals surface area contributed by atoms with Gasteiger partial charge in [-0.25, -0.2) is 0 Å². The Morgan fingerprint density at radius 1 is 1.29 bits per heavy atom. The summed E-state index contributed by atoms with van der Waals surface area (Å²) in [7, 11) is -4.67. The summed E-state index contributed by atoms with van der Waals surface area (Å²) in [4.78, 5) is 11.6. The number of hydrogen-bond donors (Lipinski definition) is 4. The Hall–Kier alpha value is -1.52. The molecule has 0 amide bonds. The topological polar surface area (TPSA) is 125 Å². The number of hydrogen-bond acceptors (Lipinski definition) is 6. The molecule has 0 saturated carbocycles. The van der Waals surface area contributed by atoms with Crippen LogP contribution in [0, 0.1) is 0 Å². The van der Waals surface area contributed by atoms with E-state index in [4.69, 9.17) is 22.3 Å². The van der Waals surface area contributed by atoms with E-state index < -0.39 is 10.4 Å². The number of esters is 1. The molecule has 9 heteroatoms. The first-order chi connectivity index (χ1) is 11.3. The monoisotopic (exact) mass is 360 g/mol. The molecule has 1 aliphatic rings. The fourth-order valence-electron chi connectivity index (χ4n) is 2.33. The van der Waals surface area contributed by atoms with Crippen molar-refractivity contribution in [3.8, 4) is 0 Å². The first kappa shape index (κ1) is 20.5. The highest BCUT2D eigenvalue weighted by atomic mass is 32.3. The molecular formula is C15H24N2O6S. The fourth-order valence-corrected chi connectivity index (χ4v) is 2.33. The highest BCUT2D eigenvalue weighted by Gasteiger charge is 2.26. The van der Waals surface area contributed by atoms with Crippen molar-refractivity contribution in [1.29, 1.82) is 0 Å². The van der Waals surface area contributed by atoms with E-state index in [1.165, 1.54) is 5.56 Å². The number of rotatable bonds is 5. The van der Waals surface area contributed by atoms with Crippen molar-refractivity contribution in [2.75, 3.05) is 13.2 Å². The van der Waals surface area contributed by atoms with Crippen LogP contribution >= 0.6 is 0 Å². The molecule has 0 spiro atoms. The van der Waals surface area contributed by atoms with Gasteiger partial charge in [-0.15, -0.1) is 0 Å². The van der Waals surface area contributed by atoms with Gasteiger partial charge in [-0.05, 0) is 25.3 Å².